The van der Waals surface area contributed by atoms with Crippen LogP contribution in [0.4, 0.5) is 0 Å². The fourth-order valence-corrected chi connectivity index (χ4v) is 4.10. The molecule has 0 aliphatic carbocycles. The molecule has 5 rings (SSSR count). The molecule has 0 aliphatic rings. The second kappa shape index (κ2) is 9.12. The number of rotatable bonds is 6. The van der Waals surface area contributed by atoms with Crippen molar-refractivity contribution in [3.8, 4) is 39.9 Å². The van der Waals surface area contributed by atoms with Gasteiger partial charge in [-0.2, -0.15) is 4.98 Å². The number of methoxy groups -OCH3 is 1. The third-order valence-electron chi connectivity index (χ3n) is 5.64. The van der Waals surface area contributed by atoms with E-state index < -0.39 is 5.97 Å². The maximum atomic E-state index is 11.4. The van der Waals surface area contributed by atoms with Crippen LogP contribution < -0.4 is 9.47 Å². The van der Waals surface area contributed by atoms with E-state index in [1.807, 2.05) is 48.5 Å². The van der Waals surface area contributed by atoms with Crippen molar-refractivity contribution in [2.45, 2.75) is 6.92 Å². The van der Waals surface area contributed by atoms with Crippen molar-refractivity contribution in [2.75, 3.05) is 7.11 Å². The number of para-hydroxylation sites is 1. The molecule has 0 saturated heterocycles. The van der Waals surface area contributed by atoms with Crippen molar-refractivity contribution in [1.29, 1.82) is 0 Å². The van der Waals surface area contributed by atoms with E-state index in [0.29, 0.717) is 33.2 Å². The van der Waals surface area contributed by atoms with Crippen molar-refractivity contribution in [3.05, 3.63) is 88.9 Å². The molecule has 0 fully saturated rings. The van der Waals surface area contributed by atoms with Crippen LogP contribution in [0.2, 0.25) is 5.02 Å². The number of hydrogen-bond donors (Lipinski definition) is 2. The number of nitrogens with zero attached hydrogens (tertiary/aromatic N) is 2. The summed E-state index contributed by atoms with van der Waals surface area (Å²) in [6.07, 6.45) is 0. The zero-order valence-electron chi connectivity index (χ0n) is 18.9. The SMILES string of the molecule is COc1ccccc1-c1ccc(-c2nc3nc(Oc4ccc(C)c(C(=O)O)c4)[nH]c3cc2Cl)cc1. The minimum Gasteiger partial charge on any atom is -0.496 e. The lowest BCUT2D eigenvalue weighted by Crippen LogP contribution is -2.00. The van der Waals surface area contributed by atoms with E-state index in [2.05, 4.69) is 15.0 Å². The number of aryl methyl sites for hydroxylation is 1. The number of pyridine rings is 1. The first-order valence-corrected chi connectivity index (χ1v) is 11.1. The number of ether oxygens (including phenoxy) is 2. The highest BCUT2D eigenvalue weighted by molar-refractivity contribution is 6.33. The monoisotopic (exact) mass is 485 g/mol. The summed E-state index contributed by atoms with van der Waals surface area (Å²) in [7, 11) is 1.65. The highest BCUT2D eigenvalue weighted by Crippen LogP contribution is 2.34. The molecule has 0 bridgehead atoms. The smallest absolute Gasteiger partial charge is 0.336 e. The Bertz CT molecular complexity index is 1560. The molecule has 0 radical (unpaired) electrons. The molecule has 3 aromatic carbocycles. The van der Waals surface area contributed by atoms with Gasteiger partial charge >= 0.3 is 12.0 Å². The van der Waals surface area contributed by atoms with E-state index in [4.69, 9.17) is 21.1 Å². The fourth-order valence-electron chi connectivity index (χ4n) is 3.84. The Morgan fingerprint density at radius 3 is 2.46 bits per heavy atom. The molecular weight excluding hydrogens is 466 g/mol. The van der Waals surface area contributed by atoms with Crippen LogP contribution in [0.3, 0.4) is 0 Å². The number of aromatic nitrogens is 3. The van der Waals surface area contributed by atoms with Gasteiger partial charge in [-0.25, -0.2) is 9.78 Å². The number of benzene rings is 3. The molecule has 0 saturated carbocycles. The molecule has 2 aromatic heterocycles. The number of hydrogen-bond acceptors (Lipinski definition) is 5. The number of carbonyl (C=O) groups is 1. The number of aromatic amines is 1. The van der Waals surface area contributed by atoms with Crippen LogP contribution in [-0.2, 0) is 0 Å². The lowest BCUT2D eigenvalue weighted by atomic mass is 10.0. The molecule has 7 nitrogen and oxygen atoms in total. The maximum absolute atomic E-state index is 11.4. The van der Waals surface area contributed by atoms with Crippen molar-refractivity contribution < 1.29 is 19.4 Å². The number of imidazole rings is 1. The molecule has 8 heteroatoms. The Balaban J connectivity index is 1.45. The Hall–Kier alpha value is -4.36. The van der Waals surface area contributed by atoms with Crippen LogP contribution in [-0.4, -0.2) is 33.1 Å². The molecule has 0 spiro atoms. The Labute approximate surface area is 206 Å². The van der Waals surface area contributed by atoms with Gasteiger partial charge in [-0.05, 0) is 42.3 Å². The van der Waals surface area contributed by atoms with Gasteiger partial charge in [0, 0.05) is 11.1 Å². The van der Waals surface area contributed by atoms with Crippen molar-refractivity contribution in [1.82, 2.24) is 15.0 Å². The molecule has 0 atom stereocenters. The predicted molar refractivity (Wildman–Crippen MR) is 135 cm³/mol. The quantitative estimate of drug-likeness (QED) is 0.276. The van der Waals surface area contributed by atoms with Gasteiger partial charge in [0.1, 0.15) is 11.5 Å². The zero-order chi connectivity index (χ0) is 24.5. The van der Waals surface area contributed by atoms with E-state index in [-0.39, 0.29) is 11.6 Å². The topological polar surface area (TPSA) is 97.3 Å². The molecule has 0 amide bonds. The number of H-pyrrole nitrogens is 1. The molecule has 0 aliphatic heterocycles. The first kappa shape index (κ1) is 22.4. The van der Waals surface area contributed by atoms with Gasteiger partial charge in [-0.15, -0.1) is 0 Å². The summed E-state index contributed by atoms with van der Waals surface area (Å²) in [5, 5.41) is 9.80. The highest BCUT2D eigenvalue weighted by atomic mass is 35.5. The first-order valence-electron chi connectivity index (χ1n) is 10.7. The van der Waals surface area contributed by atoms with E-state index in [9.17, 15) is 9.90 Å². The van der Waals surface area contributed by atoms with Crippen LogP contribution in [0, 0.1) is 6.92 Å². The number of carboxylic acid groups (broad SMARTS) is 1. The van der Waals surface area contributed by atoms with Crippen LogP contribution in [0.1, 0.15) is 15.9 Å². The van der Waals surface area contributed by atoms with Gasteiger partial charge in [-0.3, -0.25) is 0 Å². The van der Waals surface area contributed by atoms with Gasteiger partial charge in [0.15, 0.2) is 5.65 Å². The summed E-state index contributed by atoms with van der Waals surface area (Å²) in [6, 6.07) is 22.5. The molecule has 174 valence electrons. The Kier molecular flexibility index (Phi) is 5.84. The normalized spacial score (nSPS) is 10.9. The Morgan fingerprint density at radius 2 is 1.71 bits per heavy atom. The summed E-state index contributed by atoms with van der Waals surface area (Å²) in [6.45, 7) is 1.73. The molecule has 0 unspecified atom stereocenters. The van der Waals surface area contributed by atoms with Crippen molar-refractivity contribution >= 4 is 28.7 Å². The molecule has 2 N–H and O–H groups in total. The summed E-state index contributed by atoms with van der Waals surface area (Å²) < 4.78 is 11.2. The van der Waals surface area contributed by atoms with Gasteiger partial charge in [0.2, 0.25) is 0 Å². The minimum absolute atomic E-state index is 0.165. The van der Waals surface area contributed by atoms with Crippen LogP contribution in [0.25, 0.3) is 33.5 Å². The van der Waals surface area contributed by atoms with Gasteiger partial charge in [0.25, 0.3) is 0 Å². The van der Waals surface area contributed by atoms with Gasteiger partial charge in [0.05, 0.1) is 28.9 Å². The average Bonchev–Trinajstić information content (AvgIpc) is 3.25. The number of halogens is 1. The zero-order valence-corrected chi connectivity index (χ0v) is 19.6. The van der Waals surface area contributed by atoms with E-state index in [1.54, 1.807) is 32.2 Å². The minimum atomic E-state index is -1.02. The molecule has 2 heterocycles. The average molecular weight is 486 g/mol. The third kappa shape index (κ3) is 4.41. The highest BCUT2D eigenvalue weighted by Gasteiger charge is 2.15. The van der Waals surface area contributed by atoms with Gasteiger partial charge in [-0.1, -0.05) is 60.1 Å². The summed E-state index contributed by atoms with van der Waals surface area (Å²) in [4.78, 5) is 23.5. The van der Waals surface area contributed by atoms with Crippen molar-refractivity contribution in [3.63, 3.8) is 0 Å². The number of nitrogens with one attached hydrogen (secondary N) is 1. The first-order chi connectivity index (χ1) is 16.9. The fraction of sp³-hybridized carbons (Fsp3) is 0.0741. The van der Waals surface area contributed by atoms with Crippen LogP contribution in [0.5, 0.6) is 17.5 Å². The third-order valence-corrected chi connectivity index (χ3v) is 5.92. The van der Waals surface area contributed by atoms with Crippen molar-refractivity contribution in [2.24, 2.45) is 0 Å². The van der Waals surface area contributed by atoms with E-state index in [1.165, 1.54) is 6.07 Å². The van der Waals surface area contributed by atoms with Gasteiger partial charge < -0.3 is 19.6 Å². The molecule has 35 heavy (non-hydrogen) atoms. The summed E-state index contributed by atoms with van der Waals surface area (Å²) in [5.74, 6) is 0.128. The number of aromatic carboxylic acids is 1. The lowest BCUT2D eigenvalue weighted by molar-refractivity contribution is 0.0695. The second-order valence-electron chi connectivity index (χ2n) is 7.89. The molecular formula is C27H20ClN3O4. The second-order valence-corrected chi connectivity index (χ2v) is 8.30. The van der Waals surface area contributed by atoms with E-state index >= 15 is 0 Å². The summed E-state index contributed by atoms with van der Waals surface area (Å²) >= 11 is 6.55. The standard InChI is InChI=1S/C27H20ClN3O4/c1-15-7-12-18(13-20(15)26(32)33)35-27-29-22-14-21(28)24(30-25(22)31-27)17-10-8-16(9-11-17)19-5-3-4-6-23(19)34-2/h3-14H,1-2H3,(H,32,33)(H,29,30,31). The molecule has 5 aromatic rings. The van der Waals surface area contributed by atoms with Crippen LogP contribution >= 0.6 is 11.6 Å². The number of fused-ring (bicyclic) bond motifs is 1. The number of carboxylic acids is 1. The summed E-state index contributed by atoms with van der Waals surface area (Å²) in [5.41, 5.74) is 5.27. The lowest BCUT2D eigenvalue weighted by Gasteiger charge is -2.09. The van der Waals surface area contributed by atoms with Crippen LogP contribution in [0.15, 0.2) is 72.8 Å². The largest absolute Gasteiger partial charge is 0.496 e. The predicted octanol–water partition coefficient (Wildman–Crippen LogP) is 6.75. The Morgan fingerprint density at radius 1 is 0.971 bits per heavy atom. The van der Waals surface area contributed by atoms with E-state index in [0.717, 1.165) is 22.4 Å². The maximum Gasteiger partial charge on any atom is 0.336 e.